The summed E-state index contributed by atoms with van der Waals surface area (Å²) in [7, 11) is 1.92. The first kappa shape index (κ1) is 11.7. The zero-order chi connectivity index (χ0) is 12.3. The van der Waals surface area contributed by atoms with Gasteiger partial charge in [0.1, 0.15) is 0 Å². The summed E-state index contributed by atoms with van der Waals surface area (Å²) in [5.41, 5.74) is 4.21. The van der Waals surface area contributed by atoms with Crippen molar-refractivity contribution in [2.24, 2.45) is 7.05 Å². The molecule has 0 spiro atoms. The van der Waals surface area contributed by atoms with E-state index in [9.17, 15) is 0 Å². The first-order valence-electron chi connectivity index (χ1n) is 5.62. The van der Waals surface area contributed by atoms with Gasteiger partial charge in [0.2, 0.25) is 0 Å². The van der Waals surface area contributed by atoms with E-state index in [2.05, 4.69) is 10.4 Å². The third kappa shape index (κ3) is 2.85. The van der Waals surface area contributed by atoms with Crippen molar-refractivity contribution < 1.29 is 5.11 Å². The Kier molecular flexibility index (Phi) is 3.44. The third-order valence-electron chi connectivity index (χ3n) is 2.73. The monoisotopic (exact) mass is 231 g/mol. The second-order valence-corrected chi connectivity index (χ2v) is 4.12. The molecule has 4 nitrogen and oxygen atoms in total. The van der Waals surface area contributed by atoms with Gasteiger partial charge in [0, 0.05) is 31.0 Å². The number of hydrogen-bond donors (Lipinski definition) is 2. The Hall–Kier alpha value is -1.81. The van der Waals surface area contributed by atoms with Gasteiger partial charge in [0.05, 0.1) is 12.3 Å². The Morgan fingerprint density at radius 2 is 2.00 bits per heavy atom. The molecule has 0 amide bonds. The molecule has 0 unspecified atom stereocenters. The molecular weight excluding hydrogens is 214 g/mol. The summed E-state index contributed by atoms with van der Waals surface area (Å²) in [5.74, 6) is 0. The van der Waals surface area contributed by atoms with Crippen molar-refractivity contribution in [3.05, 3.63) is 47.3 Å². The van der Waals surface area contributed by atoms with Gasteiger partial charge < -0.3 is 10.4 Å². The second kappa shape index (κ2) is 5.01. The van der Waals surface area contributed by atoms with Crippen molar-refractivity contribution in [1.29, 1.82) is 0 Å². The normalized spacial score (nSPS) is 10.5. The molecule has 1 aromatic carbocycles. The standard InChI is InChI=1S/C13H17N3O/c1-10-12(8-16(2)15-10)7-14-13-5-3-11(9-17)4-6-13/h3-6,8,14,17H,7,9H2,1-2H3. The molecule has 0 aliphatic heterocycles. The first-order valence-corrected chi connectivity index (χ1v) is 5.62. The molecule has 17 heavy (non-hydrogen) atoms. The average molecular weight is 231 g/mol. The minimum atomic E-state index is 0.0853. The molecule has 0 saturated carbocycles. The van der Waals surface area contributed by atoms with Crippen molar-refractivity contribution in [3.8, 4) is 0 Å². The number of aromatic nitrogens is 2. The maximum Gasteiger partial charge on any atom is 0.0681 e. The van der Waals surface area contributed by atoms with Gasteiger partial charge in [-0.1, -0.05) is 12.1 Å². The molecule has 2 N–H and O–H groups in total. The maximum absolute atomic E-state index is 8.94. The summed E-state index contributed by atoms with van der Waals surface area (Å²) < 4.78 is 1.82. The fourth-order valence-corrected chi connectivity index (χ4v) is 1.75. The number of rotatable bonds is 4. The summed E-state index contributed by atoms with van der Waals surface area (Å²) >= 11 is 0. The van der Waals surface area contributed by atoms with Gasteiger partial charge in [-0.15, -0.1) is 0 Å². The number of aryl methyl sites for hydroxylation is 2. The van der Waals surface area contributed by atoms with Crippen LogP contribution in [0.15, 0.2) is 30.5 Å². The van der Waals surface area contributed by atoms with E-state index >= 15 is 0 Å². The van der Waals surface area contributed by atoms with Crippen LogP contribution in [0, 0.1) is 6.92 Å². The lowest BCUT2D eigenvalue weighted by Crippen LogP contribution is -1.99. The van der Waals surface area contributed by atoms with E-state index in [1.807, 2.05) is 49.1 Å². The molecule has 0 saturated heterocycles. The van der Waals surface area contributed by atoms with E-state index in [1.165, 1.54) is 5.56 Å². The molecule has 0 bridgehead atoms. The molecule has 0 aliphatic carbocycles. The number of aliphatic hydroxyl groups is 1. The summed E-state index contributed by atoms with van der Waals surface area (Å²) in [5, 5.41) is 16.6. The number of nitrogens with one attached hydrogen (secondary N) is 1. The highest BCUT2D eigenvalue weighted by Crippen LogP contribution is 2.12. The number of nitrogens with zero attached hydrogens (tertiary/aromatic N) is 2. The molecule has 0 atom stereocenters. The molecule has 0 radical (unpaired) electrons. The molecular formula is C13H17N3O. The van der Waals surface area contributed by atoms with Crippen molar-refractivity contribution in [2.75, 3.05) is 5.32 Å². The lowest BCUT2D eigenvalue weighted by Gasteiger charge is -2.06. The van der Waals surface area contributed by atoms with Gasteiger partial charge in [-0.25, -0.2) is 0 Å². The second-order valence-electron chi connectivity index (χ2n) is 4.12. The van der Waals surface area contributed by atoms with Crippen LogP contribution in [-0.2, 0) is 20.2 Å². The van der Waals surface area contributed by atoms with Crippen molar-refractivity contribution in [2.45, 2.75) is 20.1 Å². The minimum absolute atomic E-state index is 0.0853. The molecule has 4 heteroatoms. The Balaban J connectivity index is 1.99. The van der Waals surface area contributed by atoms with Crippen molar-refractivity contribution in [1.82, 2.24) is 9.78 Å². The Morgan fingerprint density at radius 1 is 1.29 bits per heavy atom. The molecule has 90 valence electrons. The van der Waals surface area contributed by atoms with Gasteiger partial charge in [0.25, 0.3) is 0 Å². The van der Waals surface area contributed by atoms with Gasteiger partial charge in [-0.3, -0.25) is 4.68 Å². The van der Waals surface area contributed by atoms with Gasteiger partial charge >= 0.3 is 0 Å². The number of benzene rings is 1. The van der Waals surface area contributed by atoms with Gasteiger partial charge in [-0.05, 0) is 24.6 Å². The SMILES string of the molecule is Cc1nn(C)cc1CNc1ccc(CO)cc1. The summed E-state index contributed by atoms with van der Waals surface area (Å²) in [6, 6.07) is 7.77. The van der Waals surface area contributed by atoms with Gasteiger partial charge in [0.15, 0.2) is 0 Å². The molecule has 2 rings (SSSR count). The van der Waals surface area contributed by atoms with Crippen LogP contribution in [0.2, 0.25) is 0 Å². The molecule has 0 aliphatic rings. The van der Waals surface area contributed by atoms with Crippen LogP contribution in [0.3, 0.4) is 0 Å². The third-order valence-corrected chi connectivity index (χ3v) is 2.73. The fourth-order valence-electron chi connectivity index (χ4n) is 1.75. The highest BCUT2D eigenvalue weighted by Gasteiger charge is 2.02. The molecule has 0 fully saturated rings. The zero-order valence-corrected chi connectivity index (χ0v) is 10.1. The first-order chi connectivity index (χ1) is 8.19. The van der Waals surface area contributed by atoms with Crippen molar-refractivity contribution >= 4 is 5.69 Å². The van der Waals surface area contributed by atoms with E-state index in [0.29, 0.717) is 0 Å². The Bertz CT molecular complexity index is 488. The van der Waals surface area contributed by atoms with E-state index < -0.39 is 0 Å². The number of hydrogen-bond acceptors (Lipinski definition) is 3. The topological polar surface area (TPSA) is 50.1 Å². The van der Waals surface area contributed by atoms with Crippen molar-refractivity contribution in [3.63, 3.8) is 0 Å². The zero-order valence-electron chi connectivity index (χ0n) is 10.1. The summed E-state index contributed by atoms with van der Waals surface area (Å²) in [6.07, 6.45) is 2.02. The summed E-state index contributed by atoms with van der Waals surface area (Å²) in [6.45, 7) is 2.85. The molecule has 2 aromatic rings. The molecule has 1 heterocycles. The van der Waals surface area contributed by atoms with E-state index in [4.69, 9.17) is 5.11 Å². The van der Waals surface area contributed by atoms with Crippen LogP contribution in [-0.4, -0.2) is 14.9 Å². The lowest BCUT2D eigenvalue weighted by molar-refractivity contribution is 0.282. The number of aliphatic hydroxyl groups excluding tert-OH is 1. The highest BCUT2D eigenvalue weighted by atomic mass is 16.3. The smallest absolute Gasteiger partial charge is 0.0681 e. The van der Waals surface area contributed by atoms with E-state index in [0.717, 1.165) is 23.5 Å². The predicted molar refractivity (Wildman–Crippen MR) is 67.6 cm³/mol. The largest absolute Gasteiger partial charge is 0.392 e. The molecule has 1 aromatic heterocycles. The van der Waals surface area contributed by atoms with E-state index in [-0.39, 0.29) is 6.61 Å². The average Bonchev–Trinajstić information content (AvgIpc) is 2.66. The summed E-state index contributed by atoms with van der Waals surface area (Å²) in [4.78, 5) is 0. The van der Waals surface area contributed by atoms with Crippen LogP contribution in [0.25, 0.3) is 0 Å². The highest BCUT2D eigenvalue weighted by molar-refractivity contribution is 5.45. The lowest BCUT2D eigenvalue weighted by atomic mass is 10.2. The number of anilines is 1. The fraction of sp³-hybridized carbons (Fsp3) is 0.308. The quantitative estimate of drug-likeness (QED) is 0.844. The Labute approximate surface area is 101 Å². The predicted octanol–water partition coefficient (Wildman–Crippen LogP) is 1.83. The van der Waals surface area contributed by atoms with Crippen LogP contribution in [0.5, 0.6) is 0 Å². The van der Waals surface area contributed by atoms with E-state index in [1.54, 1.807) is 0 Å². The minimum Gasteiger partial charge on any atom is -0.392 e. The maximum atomic E-state index is 8.94. The van der Waals surface area contributed by atoms with Crippen LogP contribution >= 0.6 is 0 Å². The van der Waals surface area contributed by atoms with Gasteiger partial charge in [-0.2, -0.15) is 5.10 Å². The van der Waals surface area contributed by atoms with Crippen LogP contribution in [0.1, 0.15) is 16.8 Å². The van der Waals surface area contributed by atoms with Crippen LogP contribution < -0.4 is 5.32 Å². The van der Waals surface area contributed by atoms with Crippen LogP contribution in [0.4, 0.5) is 5.69 Å². The Morgan fingerprint density at radius 3 is 2.53 bits per heavy atom.